The maximum Gasteiger partial charge on any atom is 0.225 e. The minimum Gasteiger partial charge on any atom is -0.356 e. The topological polar surface area (TPSA) is 103 Å². The highest BCUT2D eigenvalue weighted by Crippen LogP contribution is 2.26. The maximum atomic E-state index is 12.8. The molecule has 2 aromatic heterocycles. The Bertz CT molecular complexity index is 817. The van der Waals surface area contributed by atoms with Gasteiger partial charge < -0.3 is 20.5 Å². The van der Waals surface area contributed by atoms with E-state index in [2.05, 4.69) is 30.5 Å². The smallest absolute Gasteiger partial charge is 0.225 e. The molecule has 1 atom stereocenters. The van der Waals surface area contributed by atoms with Crippen molar-refractivity contribution in [3.05, 3.63) is 42.6 Å². The number of imidazole rings is 1. The van der Waals surface area contributed by atoms with Crippen LogP contribution in [0.15, 0.2) is 36.8 Å². The lowest BCUT2D eigenvalue weighted by Crippen LogP contribution is -2.47. The van der Waals surface area contributed by atoms with Gasteiger partial charge in [-0.1, -0.05) is 6.07 Å². The standard InChI is InChI=1S/C22H30N6O2/c29-21(26-14-19-23-11-12-24-19)16-6-8-18(9-7-16)27-22(30)17-4-3-13-28(15-17)20-5-1-2-10-25-20/h1-2,5,10-12,16-18H,3-4,6-9,13-15H2,(H,23,24)(H,26,29)(H,27,30). The van der Waals surface area contributed by atoms with Gasteiger partial charge >= 0.3 is 0 Å². The Morgan fingerprint density at radius 2 is 1.90 bits per heavy atom. The van der Waals surface area contributed by atoms with Crippen molar-refractivity contribution in [1.82, 2.24) is 25.6 Å². The normalized spacial score (nSPS) is 24.3. The number of hydrogen-bond acceptors (Lipinski definition) is 5. The van der Waals surface area contributed by atoms with Crippen molar-refractivity contribution in [2.24, 2.45) is 11.8 Å². The molecule has 3 heterocycles. The zero-order valence-corrected chi connectivity index (χ0v) is 17.2. The maximum absolute atomic E-state index is 12.8. The average Bonchev–Trinajstić information content (AvgIpc) is 3.32. The van der Waals surface area contributed by atoms with Crippen LogP contribution in [0.25, 0.3) is 0 Å². The van der Waals surface area contributed by atoms with Crippen LogP contribution in [0.5, 0.6) is 0 Å². The van der Waals surface area contributed by atoms with Crippen LogP contribution in [0.4, 0.5) is 5.82 Å². The van der Waals surface area contributed by atoms with E-state index in [1.807, 2.05) is 18.2 Å². The first-order valence-corrected chi connectivity index (χ1v) is 10.9. The quantitative estimate of drug-likeness (QED) is 0.676. The summed E-state index contributed by atoms with van der Waals surface area (Å²) < 4.78 is 0. The number of amides is 2. The molecule has 0 bridgehead atoms. The minimum absolute atomic E-state index is 0.00456. The summed E-state index contributed by atoms with van der Waals surface area (Å²) in [5.41, 5.74) is 0. The molecule has 160 valence electrons. The van der Waals surface area contributed by atoms with Gasteiger partial charge in [0, 0.05) is 43.6 Å². The van der Waals surface area contributed by atoms with Crippen LogP contribution < -0.4 is 15.5 Å². The van der Waals surface area contributed by atoms with E-state index in [1.165, 1.54) is 0 Å². The molecular weight excluding hydrogens is 380 g/mol. The number of carbonyl (C=O) groups is 2. The van der Waals surface area contributed by atoms with Crippen LogP contribution in [-0.4, -0.2) is 45.9 Å². The van der Waals surface area contributed by atoms with Gasteiger partial charge in [-0.3, -0.25) is 9.59 Å². The molecule has 1 saturated carbocycles. The lowest BCUT2D eigenvalue weighted by Gasteiger charge is -2.34. The van der Waals surface area contributed by atoms with Gasteiger partial charge in [0.05, 0.1) is 12.5 Å². The summed E-state index contributed by atoms with van der Waals surface area (Å²) in [5.74, 6) is 1.93. The molecule has 1 unspecified atom stereocenters. The number of aromatic amines is 1. The van der Waals surface area contributed by atoms with Crippen LogP contribution in [0.1, 0.15) is 44.3 Å². The number of aromatic nitrogens is 3. The van der Waals surface area contributed by atoms with Crippen LogP contribution in [0, 0.1) is 11.8 Å². The van der Waals surface area contributed by atoms with E-state index in [-0.39, 0.29) is 29.7 Å². The van der Waals surface area contributed by atoms with Crippen LogP contribution in [-0.2, 0) is 16.1 Å². The van der Waals surface area contributed by atoms with E-state index in [0.29, 0.717) is 13.1 Å². The van der Waals surface area contributed by atoms with Gasteiger partial charge in [-0.25, -0.2) is 9.97 Å². The second-order valence-electron chi connectivity index (χ2n) is 8.28. The first kappa shape index (κ1) is 20.4. The van der Waals surface area contributed by atoms with E-state index in [9.17, 15) is 9.59 Å². The summed E-state index contributed by atoms with van der Waals surface area (Å²) in [6, 6.07) is 6.05. The summed E-state index contributed by atoms with van der Waals surface area (Å²) in [5, 5.41) is 6.19. The van der Waals surface area contributed by atoms with Crippen molar-refractivity contribution in [1.29, 1.82) is 0 Å². The molecule has 8 heteroatoms. The van der Waals surface area contributed by atoms with Crippen molar-refractivity contribution < 1.29 is 9.59 Å². The molecule has 0 radical (unpaired) electrons. The zero-order chi connectivity index (χ0) is 20.8. The SMILES string of the molecule is O=C(NCc1ncc[nH]1)C1CCC(NC(=O)C2CCCN(c3ccccn3)C2)CC1. The van der Waals surface area contributed by atoms with E-state index < -0.39 is 0 Å². The molecule has 30 heavy (non-hydrogen) atoms. The fraction of sp³-hybridized carbons (Fsp3) is 0.545. The molecular formula is C22H30N6O2. The summed E-state index contributed by atoms with van der Waals surface area (Å²) in [6.07, 6.45) is 10.4. The Hall–Kier alpha value is -2.90. The van der Waals surface area contributed by atoms with Gasteiger partial charge in [0.1, 0.15) is 11.6 Å². The molecule has 8 nitrogen and oxygen atoms in total. The van der Waals surface area contributed by atoms with E-state index in [4.69, 9.17) is 0 Å². The Morgan fingerprint density at radius 3 is 2.63 bits per heavy atom. The monoisotopic (exact) mass is 410 g/mol. The lowest BCUT2D eigenvalue weighted by atomic mass is 9.85. The summed E-state index contributed by atoms with van der Waals surface area (Å²) in [6.45, 7) is 2.09. The lowest BCUT2D eigenvalue weighted by molar-refractivity contribution is -0.127. The average molecular weight is 411 g/mol. The summed E-state index contributed by atoms with van der Waals surface area (Å²) in [7, 11) is 0. The van der Waals surface area contributed by atoms with Crippen molar-refractivity contribution >= 4 is 17.6 Å². The van der Waals surface area contributed by atoms with Crippen LogP contribution in [0.2, 0.25) is 0 Å². The number of pyridine rings is 1. The molecule has 0 spiro atoms. The van der Waals surface area contributed by atoms with Gasteiger partial charge in [0.2, 0.25) is 11.8 Å². The third kappa shape index (κ3) is 5.17. The Morgan fingerprint density at radius 1 is 1.03 bits per heavy atom. The predicted molar refractivity (Wildman–Crippen MR) is 113 cm³/mol. The molecule has 2 fully saturated rings. The molecule has 1 aliphatic heterocycles. The molecule has 2 aromatic rings. The number of hydrogen-bond donors (Lipinski definition) is 3. The second kappa shape index (κ2) is 9.73. The minimum atomic E-state index is -0.00456. The van der Waals surface area contributed by atoms with Crippen molar-refractivity contribution in [3.8, 4) is 0 Å². The van der Waals surface area contributed by atoms with E-state index in [0.717, 1.165) is 56.7 Å². The fourth-order valence-corrected chi connectivity index (χ4v) is 4.47. The van der Waals surface area contributed by atoms with Crippen molar-refractivity contribution in [3.63, 3.8) is 0 Å². The highest BCUT2D eigenvalue weighted by molar-refractivity contribution is 5.80. The summed E-state index contributed by atoms with van der Waals surface area (Å²) in [4.78, 5) is 39.0. The molecule has 1 saturated heterocycles. The molecule has 2 aliphatic rings. The number of carbonyl (C=O) groups excluding carboxylic acids is 2. The Balaban J connectivity index is 1.21. The first-order chi connectivity index (χ1) is 14.7. The number of nitrogens with one attached hydrogen (secondary N) is 3. The molecule has 1 aliphatic carbocycles. The number of nitrogens with zero attached hydrogens (tertiary/aromatic N) is 3. The predicted octanol–water partition coefficient (Wildman–Crippen LogP) is 2.01. The van der Waals surface area contributed by atoms with Gasteiger partial charge in [-0.15, -0.1) is 0 Å². The number of anilines is 1. The van der Waals surface area contributed by atoms with Crippen LogP contribution in [0.3, 0.4) is 0 Å². The fourth-order valence-electron chi connectivity index (χ4n) is 4.47. The third-order valence-corrected chi connectivity index (χ3v) is 6.19. The number of rotatable bonds is 6. The molecule has 0 aromatic carbocycles. The van der Waals surface area contributed by atoms with E-state index >= 15 is 0 Å². The molecule has 3 N–H and O–H groups in total. The second-order valence-corrected chi connectivity index (χ2v) is 8.28. The highest BCUT2D eigenvalue weighted by Gasteiger charge is 2.31. The zero-order valence-electron chi connectivity index (χ0n) is 17.2. The van der Waals surface area contributed by atoms with Gasteiger partial charge in [-0.05, 0) is 50.7 Å². The number of H-pyrrole nitrogens is 1. The Kier molecular flexibility index (Phi) is 6.61. The molecule has 4 rings (SSSR count). The van der Waals surface area contributed by atoms with Gasteiger partial charge in [-0.2, -0.15) is 0 Å². The molecule has 2 amide bonds. The summed E-state index contributed by atoms with van der Waals surface area (Å²) >= 11 is 0. The van der Waals surface area contributed by atoms with E-state index in [1.54, 1.807) is 18.6 Å². The largest absolute Gasteiger partial charge is 0.356 e. The number of piperidine rings is 1. The van der Waals surface area contributed by atoms with Crippen molar-refractivity contribution in [2.45, 2.75) is 51.1 Å². The van der Waals surface area contributed by atoms with Gasteiger partial charge in [0.25, 0.3) is 0 Å². The van der Waals surface area contributed by atoms with Gasteiger partial charge in [0.15, 0.2) is 0 Å². The van der Waals surface area contributed by atoms with Crippen molar-refractivity contribution in [2.75, 3.05) is 18.0 Å². The third-order valence-electron chi connectivity index (χ3n) is 6.19. The first-order valence-electron chi connectivity index (χ1n) is 10.9. The highest BCUT2D eigenvalue weighted by atomic mass is 16.2. The van der Waals surface area contributed by atoms with Crippen LogP contribution >= 0.6 is 0 Å². The Labute approximate surface area is 176 Å².